The molecule has 5 heteroatoms. The second kappa shape index (κ2) is 6.63. The number of fused-ring (bicyclic) bond motifs is 1. The van der Waals surface area contributed by atoms with Crippen molar-refractivity contribution in [3.05, 3.63) is 34.2 Å². The van der Waals surface area contributed by atoms with Gasteiger partial charge in [0.1, 0.15) is 11.3 Å². The second-order valence-electron chi connectivity index (χ2n) is 6.57. The molecule has 3 heterocycles. The molecule has 1 fully saturated rings. The number of carbonyl (C=O) groups excluding carboxylic acids is 1. The second-order valence-corrected chi connectivity index (χ2v) is 7.49. The van der Waals surface area contributed by atoms with Crippen LogP contribution in [0.25, 0.3) is 5.65 Å². The van der Waals surface area contributed by atoms with E-state index in [2.05, 4.69) is 41.6 Å². The molecular formula is C18H24BrN3O. The number of imidazole rings is 1. The zero-order valence-corrected chi connectivity index (χ0v) is 15.6. The van der Waals surface area contributed by atoms with Crippen LogP contribution < -0.4 is 0 Å². The fraction of sp³-hybridized carbons (Fsp3) is 0.556. The molecule has 1 aliphatic rings. The molecule has 1 saturated heterocycles. The molecule has 23 heavy (non-hydrogen) atoms. The van der Waals surface area contributed by atoms with Crippen LogP contribution in [0.5, 0.6) is 0 Å². The summed E-state index contributed by atoms with van der Waals surface area (Å²) in [5.41, 5.74) is 2.50. The first kappa shape index (κ1) is 16.5. The monoisotopic (exact) mass is 377 g/mol. The van der Waals surface area contributed by atoms with Crippen LogP contribution in [0.15, 0.2) is 22.8 Å². The van der Waals surface area contributed by atoms with E-state index in [1.165, 1.54) is 6.42 Å². The third kappa shape index (κ3) is 3.03. The molecule has 0 spiro atoms. The molecule has 3 rings (SSSR count). The van der Waals surface area contributed by atoms with E-state index in [0.29, 0.717) is 12.1 Å². The molecule has 124 valence electrons. The number of piperidine rings is 1. The first-order valence-electron chi connectivity index (χ1n) is 8.52. The van der Waals surface area contributed by atoms with Crippen LogP contribution >= 0.6 is 15.9 Å². The molecule has 2 atom stereocenters. The van der Waals surface area contributed by atoms with Crippen molar-refractivity contribution >= 4 is 27.5 Å². The Morgan fingerprint density at radius 1 is 1.30 bits per heavy atom. The average molecular weight is 378 g/mol. The highest BCUT2D eigenvalue weighted by Crippen LogP contribution is 2.27. The smallest absolute Gasteiger partial charge is 0.273 e. The normalized spacial score (nSPS) is 21.8. The van der Waals surface area contributed by atoms with Crippen molar-refractivity contribution in [2.24, 2.45) is 0 Å². The van der Waals surface area contributed by atoms with Gasteiger partial charge >= 0.3 is 0 Å². The van der Waals surface area contributed by atoms with Crippen LogP contribution in [0, 0.1) is 0 Å². The van der Waals surface area contributed by atoms with Gasteiger partial charge in [0.2, 0.25) is 0 Å². The van der Waals surface area contributed by atoms with Crippen LogP contribution in [0.3, 0.4) is 0 Å². The first-order chi connectivity index (χ1) is 11.0. The van der Waals surface area contributed by atoms with Crippen LogP contribution in [0.4, 0.5) is 0 Å². The molecule has 2 aromatic heterocycles. The highest BCUT2D eigenvalue weighted by molar-refractivity contribution is 9.10. The van der Waals surface area contributed by atoms with E-state index >= 15 is 0 Å². The van der Waals surface area contributed by atoms with Crippen molar-refractivity contribution in [1.29, 1.82) is 0 Å². The number of nitrogens with zero attached hydrogens (tertiary/aromatic N) is 3. The Bertz CT molecular complexity index is 714. The summed E-state index contributed by atoms with van der Waals surface area (Å²) in [5, 5.41) is 0. The minimum Gasteiger partial charge on any atom is -0.332 e. The predicted octanol–water partition coefficient (Wildman–Crippen LogP) is 4.45. The Kier molecular flexibility index (Phi) is 4.76. The summed E-state index contributed by atoms with van der Waals surface area (Å²) < 4.78 is 2.91. The third-order valence-electron chi connectivity index (χ3n) is 4.77. The lowest BCUT2D eigenvalue weighted by Gasteiger charge is -2.39. The average Bonchev–Trinajstić information content (AvgIpc) is 2.84. The van der Waals surface area contributed by atoms with Crippen molar-refractivity contribution in [1.82, 2.24) is 14.3 Å². The molecule has 0 saturated carbocycles. The summed E-state index contributed by atoms with van der Waals surface area (Å²) in [6, 6.07) is 4.51. The van der Waals surface area contributed by atoms with Gasteiger partial charge in [-0.3, -0.25) is 9.20 Å². The van der Waals surface area contributed by atoms with Gasteiger partial charge in [0.15, 0.2) is 0 Å². The Labute approximate surface area is 146 Å². The highest BCUT2D eigenvalue weighted by Gasteiger charge is 2.32. The Morgan fingerprint density at radius 2 is 2.00 bits per heavy atom. The largest absolute Gasteiger partial charge is 0.332 e. The molecule has 0 aromatic carbocycles. The minimum atomic E-state index is 0.124. The van der Waals surface area contributed by atoms with Crippen molar-refractivity contribution in [3.8, 4) is 0 Å². The summed E-state index contributed by atoms with van der Waals surface area (Å²) in [6.45, 7) is 6.44. The van der Waals surface area contributed by atoms with E-state index in [1.54, 1.807) is 0 Å². The van der Waals surface area contributed by atoms with Gasteiger partial charge in [-0.05, 0) is 67.6 Å². The van der Waals surface area contributed by atoms with Gasteiger partial charge in [-0.25, -0.2) is 4.98 Å². The number of aryl methyl sites for hydroxylation is 1. The van der Waals surface area contributed by atoms with Crippen molar-refractivity contribution in [2.75, 3.05) is 0 Å². The lowest BCUT2D eigenvalue weighted by molar-refractivity contribution is 0.0502. The van der Waals surface area contributed by atoms with Crippen molar-refractivity contribution < 1.29 is 4.79 Å². The van der Waals surface area contributed by atoms with E-state index < -0.39 is 0 Å². The molecule has 0 bridgehead atoms. The van der Waals surface area contributed by atoms with Crippen LogP contribution in [0.2, 0.25) is 0 Å². The quantitative estimate of drug-likeness (QED) is 0.791. The Morgan fingerprint density at radius 3 is 2.65 bits per heavy atom. The maximum atomic E-state index is 13.4. The SMILES string of the molecule is CCCc1nc2ccc(Br)cn2c1C(=O)N1C(C)CCCC1C. The summed E-state index contributed by atoms with van der Waals surface area (Å²) in [4.78, 5) is 20.1. The Hall–Kier alpha value is -1.36. The number of rotatable bonds is 3. The van der Waals surface area contributed by atoms with Crippen molar-refractivity contribution in [2.45, 2.75) is 65.0 Å². The molecule has 0 aliphatic carbocycles. The summed E-state index contributed by atoms with van der Waals surface area (Å²) >= 11 is 3.51. The number of halogens is 1. The summed E-state index contributed by atoms with van der Waals surface area (Å²) in [7, 11) is 0. The molecule has 0 radical (unpaired) electrons. The molecule has 1 aliphatic heterocycles. The fourth-order valence-corrected chi connectivity index (χ4v) is 3.99. The fourth-order valence-electron chi connectivity index (χ4n) is 3.65. The molecule has 2 aromatic rings. The van der Waals surface area contributed by atoms with Gasteiger partial charge in [0.05, 0.1) is 5.69 Å². The Balaban J connectivity index is 2.11. The van der Waals surface area contributed by atoms with E-state index in [-0.39, 0.29) is 5.91 Å². The maximum Gasteiger partial charge on any atom is 0.273 e. The number of hydrogen-bond donors (Lipinski definition) is 0. The van der Waals surface area contributed by atoms with Gasteiger partial charge in [0, 0.05) is 22.8 Å². The van der Waals surface area contributed by atoms with E-state index in [0.717, 1.165) is 47.2 Å². The summed E-state index contributed by atoms with van der Waals surface area (Å²) in [6.07, 6.45) is 7.13. The number of amides is 1. The zero-order chi connectivity index (χ0) is 16.6. The number of pyridine rings is 1. The number of hydrogen-bond acceptors (Lipinski definition) is 2. The summed E-state index contributed by atoms with van der Waals surface area (Å²) in [5.74, 6) is 0.124. The highest BCUT2D eigenvalue weighted by atomic mass is 79.9. The molecular weight excluding hydrogens is 354 g/mol. The van der Waals surface area contributed by atoms with E-state index in [9.17, 15) is 4.79 Å². The zero-order valence-electron chi connectivity index (χ0n) is 14.1. The van der Waals surface area contributed by atoms with E-state index in [1.807, 2.05) is 22.7 Å². The molecule has 4 nitrogen and oxygen atoms in total. The number of aromatic nitrogens is 2. The van der Waals surface area contributed by atoms with Gasteiger partial charge in [-0.15, -0.1) is 0 Å². The van der Waals surface area contributed by atoms with Gasteiger partial charge in [0.25, 0.3) is 5.91 Å². The van der Waals surface area contributed by atoms with Crippen LogP contribution in [-0.4, -0.2) is 32.3 Å². The molecule has 1 amide bonds. The topological polar surface area (TPSA) is 37.6 Å². The third-order valence-corrected chi connectivity index (χ3v) is 5.24. The lowest BCUT2D eigenvalue weighted by atomic mass is 9.96. The number of carbonyl (C=O) groups is 1. The maximum absolute atomic E-state index is 13.4. The van der Waals surface area contributed by atoms with E-state index in [4.69, 9.17) is 4.98 Å². The van der Waals surface area contributed by atoms with Gasteiger partial charge in [-0.2, -0.15) is 0 Å². The van der Waals surface area contributed by atoms with Crippen LogP contribution in [-0.2, 0) is 6.42 Å². The molecule has 0 N–H and O–H groups in total. The van der Waals surface area contributed by atoms with Gasteiger partial charge < -0.3 is 4.90 Å². The van der Waals surface area contributed by atoms with Gasteiger partial charge in [-0.1, -0.05) is 13.3 Å². The first-order valence-corrected chi connectivity index (χ1v) is 9.31. The standard InChI is InChI=1S/C18H24BrN3O/c1-4-6-15-17(21-11-14(19)9-10-16(21)20-15)18(23)22-12(2)7-5-8-13(22)3/h9-13H,4-8H2,1-3H3. The van der Waals surface area contributed by atoms with Crippen molar-refractivity contribution in [3.63, 3.8) is 0 Å². The predicted molar refractivity (Wildman–Crippen MR) is 95.8 cm³/mol. The minimum absolute atomic E-state index is 0.124. The molecule has 2 unspecified atom stereocenters. The lowest BCUT2D eigenvalue weighted by Crippen LogP contribution is -2.48. The van der Waals surface area contributed by atoms with Crippen LogP contribution in [0.1, 0.15) is 62.6 Å². The number of likely N-dealkylation sites (tertiary alicyclic amines) is 1.